The molecule has 1 aliphatic carbocycles. The van der Waals surface area contributed by atoms with Crippen molar-refractivity contribution in [2.45, 2.75) is 147 Å². The lowest BCUT2D eigenvalue weighted by molar-refractivity contribution is -0.157. The van der Waals surface area contributed by atoms with Crippen LogP contribution >= 0.6 is 0 Å². The van der Waals surface area contributed by atoms with Gasteiger partial charge in [0, 0.05) is 5.41 Å². The molecular formula is C36H52O6. The molecule has 2 fully saturated rings. The zero-order chi connectivity index (χ0) is 30.0. The van der Waals surface area contributed by atoms with E-state index >= 15 is 0 Å². The Morgan fingerprint density at radius 3 is 1.71 bits per heavy atom. The first-order chi connectivity index (χ1) is 20.4. The normalized spacial score (nSPS) is 26.7. The van der Waals surface area contributed by atoms with Crippen molar-refractivity contribution in [3.05, 3.63) is 35.4 Å². The summed E-state index contributed by atoms with van der Waals surface area (Å²) in [6, 6.07) is 7.55. The van der Waals surface area contributed by atoms with Gasteiger partial charge in [-0.2, -0.15) is 0 Å². The van der Waals surface area contributed by atoms with E-state index in [0.717, 1.165) is 30.4 Å². The van der Waals surface area contributed by atoms with Gasteiger partial charge < -0.3 is 9.47 Å². The summed E-state index contributed by atoms with van der Waals surface area (Å²) in [7, 11) is 0. The molecule has 232 valence electrons. The van der Waals surface area contributed by atoms with Crippen LogP contribution < -0.4 is 0 Å². The van der Waals surface area contributed by atoms with Gasteiger partial charge >= 0.3 is 23.9 Å². The van der Waals surface area contributed by atoms with Crippen LogP contribution in [-0.4, -0.2) is 23.9 Å². The fourth-order valence-corrected chi connectivity index (χ4v) is 8.01. The van der Waals surface area contributed by atoms with Gasteiger partial charge in [-0.25, -0.2) is 0 Å². The topological polar surface area (TPSA) is 86.7 Å². The van der Waals surface area contributed by atoms with E-state index in [1.165, 1.54) is 89.9 Å². The van der Waals surface area contributed by atoms with Crippen LogP contribution in [0.25, 0.3) is 0 Å². The van der Waals surface area contributed by atoms with Gasteiger partial charge in [-0.15, -0.1) is 0 Å². The molecule has 1 aromatic carbocycles. The summed E-state index contributed by atoms with van der Waals surface area (Å²) in [5, 5.41) is 0. The molecule has 0 bridgehead atoms. The molecule has 4 rings (SSSR count). The number of esters is 4. The number of unbranched alkanes of at least 4 members (excludes halogenated alkanes) is 16. The van der Waals surface area contributed by atoms with Crippen LogP contribution in [0.15, 0.2) is 24.3 Å². The number of cyclic esters (lactones) is 4. The Morgan fingerprint density at radius 2 is 1.19 bits per heavy atom. The molecule has 0 saturated carbocycles. The number of hydrogen-bond donors (Lipinski definition) is 0. The highest BCUT2D eigenvalue weighted by Crippen LogP contribution is 2.58. The molecule has 0 N–H and O–H groups in total. The summed E-state index contributed by atoms with van der Waals surface area (Å²) in [6.07, 6.45) is 22.7. The first-order valence-corrected chi connectivity index (χ1v) is 17.0. The Balaban J connectivity index is 1.22. The van der Waals surface area contributed by atoms with Gasteiger partial charge in [-0.3, -0.25) is 19.2 Å². The molecule has 6 nitrogen and oxygen atoms in total. The summed E-state index contributed by atoms with van der Waals surface area (Å²) in [6.45, 7) is 4.26. The van der Waals surface area contributed by atoms with Crippen molar-refractivity contribution in [3.8, 4) is 0 Å². The average molecular weight is 581 g/mol. The summed E-state index contributed by atoms with van der Waals surface area (Å²) >= 11 is 0. The maximum absolute atomic E-state index is 13.0. The predicted octanol–water partition coefficient (Wildman–Crippen LogP) is 8.49. The van der Waals surface area contributed by atoms with Crippen molar-refractivity contribution in [1.29, 1.82) is 0 Å². The number of rotatable bonds is 19. The van der Waals surface area contributed by atoms with Crippen LogP contribution in [0.1, 0.15) is 153 Å². The molecule has 6 heteroatoms. The second kappa shape index (κ2) is 15.8. The highest BCUT2D eigenvalue weighted by molar-refractivity contribution is 6.01. The zero-order valence-corrected chi connectivity index (χ0v) is 26.0. The number of carbonyl (C=O) groups is 4. The number of carbonyl (C=O) groups excluding carboxylic acids is 4. The van der Waals surface area contributed by atoms with Crippen LogP contribution in [0, 0.1) is 17.8 Å². The fourth-order valence-electron chi connectivity index (χ4n) is 8.01. The minimum Gasteiger partial charge on any atom is -0.393 e. The quantitative estimate of drug-likeness (QED) is 0.0926. The maximum atomic E-state index is 13.0. The molecule has 5 atom stereocenters. The van der Waals surface area contributed by atoms with Gasteiger partial charge in [-0.05, 0) is 23.5 Å². The van der Waals surface area contributed by atoms with Crippen LogP contribution in [-0.2, 0) is 34.1 Å². The SMILES string of the molecule is CCCCCCCCCCCCCCCCCCCC1C2C(=O)OC(=O)C2c2ccccc2C1(C)C1CC(=O)OC1=O. The van der Waals surface area contributed by atoms with Gasteiger partial charge in [0.05, 0.1) is 24.2 Å². The lowest BCUT2D eigenvalue weighted by Crippen LogP contribution is -2.51. The van der Waals surface area contributed by atoms with E-state index in [1.54, 1.807) is 0 Å². The fraction of sp³-hybridized carbons (Fsp3) is 0.722. The second-order valence-corrected chi connectivity index (χ2v) is 13.2. The smallest absolute Gasteiger partial charge is 0.321 e. The molecule has 2 aliphatic heterocycles. The van der Waals surface area contributed by atoms with E-state index < -0.39 is 47.0 Å². The predicted molar refractivity (Wildman–Crippen MR) is 163 cm³/mol. The van der Waals surface area contributed by atoms with Gasteiger partial charge in [0.25, 0.3) is 0 Å². The first-order valence-electron chi connectivity index (χ1n) is 17.0. The monoisotopic (exact) mass is 580 g/mol. The van der Waals surface area contributed by atoms with Crippen molar-refractivity contribution >= 4 is 23.9 Å². The summed E-state index contributed by atoms with van der Waals surface area (Å²) < 4.78 is 10.2. The van der Waals surface area contributed by atoms with Crippen LogP contribution in [0.3, 0.4) is 0 Å². The Kier molecular flexibility index (Phi) is 12.2. The largest absolute Gasteiger partial charge is 0.393 e. The Labute approximate surface area is 252 Å². The molecule has 2 saturated heterocycles. The van der Waals surface area contributed by atoms with E-state index in [2.05, 4.69) is 6.92 Å². The molecule has 1 aromatic rings. The van der Waals surface area contributed by atoms with Crippen molar-refractivity contribution < 1.29 is 28.7 Å². The van der Waals surface area contributed by atoms with E-state index in [9.17, 15) is 19.2 Å². The van der Waals surface area contributed by atoms with Gasteiger partial charge in [0.1, 0.15) is 0 Å². The Hall–Kier alpha value is -2.50. The van der Waals surface area contributed by atoms with E-state index in [-0.39, 0.29) is 12.3 Å². The molecule has 2 heterocycles. The van der Waals surface area contributed by atoms with E-state index in [0.29, 0.717) is 6.42 Å². The highest BCUT2D eigenvalue weighted by atomic mass is 16.6. The molecule has 0 spiro atoms. The van der Waals surface area contributed by atoms with Crippen LogP contribution in [0.2, 0.25) is 0 Å². The average Bonchev–Trinajstić information content (AvgIpc) is 3.48. The molecule has 0 radical (unpaired) electrons. The second-order valence-electron chi connectivity index (χ2n) is 13.2. The third-order valence-corrected chi connectivity index (χ3v) is 10.4. The maximum Gasteiger partial charge on any atom is 0.321 e. The summed E-state index contributed by atoms with van der Waals surface area (Å²) in [4.78, 5) is 50.9. The summed E-state index contributed by atoms with van der Waals surface area (Å²) in [5.41, 5.74) is 0.817. The molecule has 0 aromatic heterocycles. The molecule has 5 unspecified atom stereocenters. The van der Waals surface area contributed by atoms with Crippen molar-refractivity contribution in [2.24, 2.45) is 17.8 Å². The molecule has 42 heavy (non-hydrogen) atoms. The van der Waals surface area contributed by atoms with Gasteiger partial charge in [0.2, 0.25) is 0 Å². The third-order valence-electron chi connectivity index (χ3n) is 10.4. The lowest BCUT2D eigenvalue weighted by atomic mass is 9.51. The number of hydrogen-bond acceptors (Lipinski definition) is 6. The summed E-state index contributed by atoms with van der Waals surface area (Å²) in [5.74, 6) is -4.29. The van der Waals surface area contributed by atoms with Crippen molar-refractivity contribution in [3.63, 3.8) is 0 Å². The standard InChI is InChI=1S/C36H52O6/c1-3-4-5-6-7-8-9-10-11-12-13-14-15-16-17-18-19-24-28-32-31(34(39)42-35(32)40)26-22-20-21-23-27(26)36(28,2)29-25-30(37)41-33(29)38/h20-23,28-29,31-32H,3-19,24-25H2,1-2H3. The highest BCUT2D eigenvalue weighted by Gasteiger charge is 2.63. The van der Waals surface area contributed by atoms with Crippen molar-refractivity contribution in [1.82, 2.24) is 0 Å². The number of benzene rings is 1. The molecule has 0 amide bonds. The van der Waals surface area contributed by atoms with Crippen molar-refractivity contribution in [2.75, 3.05) is 0 Å². The first kappa shape index (κ1) is 32.4. The minimum absolute atomic E-state index is 0.000401. The van der Waals surface area contributed by atoms with E-state index in [4.69, 9.17) is 9.47 Å². The Bertz CT molecular complexity index is 1080. The third kappa shape index (κ3) is 7.52. The number of ether oxygens (including phenoxy) is 2. The Morgan fingerprint density at radius 1 is 0.667 bits per heavy atom. The minimum atomic E-state index is -0.792. The number of fused-ring (bicyclic) bond motifs is 3. The van der Waals surface area contributed by atoms with Crippen LogP contribution in [0.4, 0.5) is 0 Å². The van der Waals surface area contributed by atoms with Gasteiger partial charge in [-0.1, -0.05) is 147 Å². The van der Waals surface area contributed by atoms with Crippen LogP contribution in [0.5, 0.6) is 0 Å². The zero-order valence-electron chi connectivity index (χ0n) is 26.0. The van der Waals surface area contributed by atoms with Gasteiger partial charge in [0.15, 0.2) is 0 Å². The lowest BCUT2D eigenvalue weighted by Gasteiger charge is -2.48. The molecular weight excluding hydrogens is 528 g/mol. The molecule has 3 aliphatic rings. The van der Waals surface area contributed by atoms with E-state index in [1.807, 2.05) is 31.2 Å².